The molecule has 1 saturated heterocycles. The predicted octanol–water partition coefficient (Wildman–Crippen LogP) is 2.53. The van der Waals surface area contributed by atoms with E-state index < -0.39 is 0 Å². The van der Waals surface area contributed by atoms with Crippen molar-refractivity contribution < 1.29 is 4.79 Å². The van der Waals surface area contributed by atoms with Crippen molar-refractivity contribution in [2.24, 2.45) is 13.0 Å². The summed E-state index contributed by atoms with van der Waals surface area (Å²) in [6, 6.07) is 0. The number of hydrogen-bond donors (Lipinski definition) is 1. The Morgan fingerprint density at radius 2 is 2.15 bits per heavy atom. The monoisotopic (exact) mass is 297 g/mol. The van der Waals surface area contributed by atoms with E-state index in [-0.39, 0.29) is 5.78 Å². The summed E-state index contributed by atoms with van der Waals surface area (Å²) < 4.78 is 1.75. The van der Waals surface area contributed by atoms with Crippen molar-refractivity contribution in [2.75, 3.05) is 13.1 Å². The van der Waals surface area contributed by atoms with E-state index in [1.165, 1.54) is 12.8 Å². The minimum atomic E-state index is 0.274. The largest absolute Gasteiger partial charge is 0.317 e. The fourth-order valence-electron chi connectivity index (χ4n) is 2.82. The molecule has 1 aliphatic heterocycles. The third-order valence-corrected chi connectivity index (χ3v) is 4.59. The summed E-state index contributed by atoms with van der Waals surface area (Å²) in [7, 11) is 1.86. The van der Waals surface area contributed by atoms with Crippen LogP contribution in [0.2, 0.25) is 5.02 Å². The Bertz CT molecular complexity index is 464. The number of rotatable bonds is 6. The van der Waals surface area contributed by atoms with Gasteiger partial charge in [0.2, 0.25) is 0 Å². The van der Waals surface area contributed by atoms with Crippen LogP contribution in [0.15, 0.2) is 0 Å². The Kier molecular flexibility index (Phi) is 5.61. The van der Waals surface area contributed by atoms with Gasteiger partial charge >= 0.3 is 0 Å². The molecule has 0 saturated carbocycles. The zero-order valence-corrected chi connectivity index (χ0v) is 13.2. The quantitative estimate of drug-likeness (QED) is 0.878. The number of hydrogen-bond acceptors (Lipinski definition) is 3. The van der Waals surface area contributed by atoms with Gasteiger partial charge in [0.15, 0.2) is 0 Å². The Labute approximate surface area is 125 Å². The zero-order chi connectivity index (χ0) is 14.5. The average molecular weight is 298 g/mol. The molecule has 0 unspecified atom stereocenters. The number of Topliss-reactive ketones (excluding diaryl/α,β-unsaturated/α-hetero) is 1. The number of piperidine rings is 1. The molecule has 0 amide bonds. The molecule has 1 N–H and O–H groups in total. The highest BCUT2D eigenvalue weighted by atomic mass is 35.5. The van der Waals surface area contributed by atoms with E-state index >= 15 is 0 Å². The number of nitrogens with one attached hydrogen (secondary N) is 1. The Balaban J connectivity index is 1.86. The molecule has 4 nitrogen and oxygen atoms in total. The molecule has 1 fully saturated rings. The lowest BCUT2D eigenvalue weighted by atomic mass is 9.92. The van der Waals surface area contributed by atoms with Crippen LogP contribution in [0.1, 0.15) is 44.0 Å². The van der Waals surface area contributed by atoms with Crippen LogP contribution in [-0.2, 0) is 24.7 Å². The first-order valence-electron chi connectivity index (χ1n) is 7.54. The van der Waals surface area contributed by atoms with Crippen LogP contribution in [0.5, 0.6) is 0 Å². The highest BCUT2D eigenvalue weighted by Gasteiger charge is 2.18. The molecular weight excluding hydrogens is 274 g/mol. The normalized spacial score (nSPS) is 16.6. The summed E-state index contributed by atoms with van der Waals surface area (Å²) in [6.45, 7) is 4.20. The van der Waals surface area contributed by atoms with E-state index in [1.54, 1.807) is 4.68 Å². The molecule has 0 radical (unpaired) electrons. The summed E-state index contributed by atoms with van der Waals surface area (Å²) in [4.78, 5) is 12.1. The molecule has 0 bridgehead atoms. The second-order valence-corrected chi connectivity index (χ2v) is 6.01. The molecule has 20 heavy (non-hydrogen) atoms. The van der Waals surface area contributed by atoms with Gasteiger partial charge in [0, 0.05) is 19.9 Å². The topological polar surface area (TPSA) is 46.9 Å². The first-order valence-corrected chi connectivity index (χ1v) is 7.92. The molecule has 1 aliphatic rings. The molecule has 0 spiro atoms. The zero-order valence-electron chi connectivity index (χ0n) is 12.4. The van der Waals surface area contributed by atoms with Crippen molar-refractivity contribution >= 4 is 17.4 Å². The molecule has 0 aromatic carbocycles. The number of carbonyl (C=O) groups excluding carboxylic acids is 1. The SMILES string of the molecule is CCc1nn(C)c(CC(=O)CCC2CCNCC2)c1Cl. The van der Waals surface area contributed by atoms with Crippen LogP contribution in [0.25, 0.3) is 0 Å². The fourth-order valence-corrected chi connectivity index (χ4v) is 3.18. The van der Waals surface area contributed by atoms with Crippen LogP contribution >= 0.6 is 11.6 Å². The molecule has 5 heteroatoms. The van der Waals surface area contributed by atoms with Gasteiger partial charge in [0.25, 0.3) is 0 Å². The van der Waals surface area contributed by atoms with Gasteiger partial charge in [-0.2, -0.15) is 5.10 Å². The summed E-state index contributed by atoms with van der Waals surface area (Å²) >= 11 is 6.28. The van der Waals surface area contributed by atoms with Gasteiger partial charge in [-0.25, -0.2) is 0 Å². The number of halogens is 1. The molecule has 0 atom stereocenters. The Hall–Kier alpha value is -0.870. The van der Waals surface area contributed by atoms with Gasteiger partial charge in [-0.05, 0) is 44.7 Å². The third kappa shape index (κ3) is 3.83. The molecule has 2 heterocycles. The highest BCUT2D eigenvalue weighted by molar-refractivity contribution is 6.32. The maximum atomic E-state index is 12.1. The van der Waals surface area contributed by atoms with E-state index in [9.17, 15) is 4.79 Å². The first kappa shape index (κ1) is 15.5. The molecule has 2 rings (SSSR count). The van der Waals surface area contributed by atoms with Crippen molar-refractivity contribution in [3.05, 3.63) is 16.4 Å². The highest BCUT2D eigenvalue weighted by Crippen LogP contribution is 2.23. The van der Waals surface area contributed by atoms with Crippen LogP contribution in [0.4, 0.5) is 0 Å². The van der Waals surface area contributed by atoms with Crippen LogP contribution in [0.3, 0.4) is 0 Å². The minimum absolute atomic E-state index is 0.274. The van der Waals surface area contributed by atoms with Gasteiger partial charge in [-0.1, -0.05) is 18.5 Å². The molecule has 112 valence electrons. The lowest BCUT2D eigenvalue weighted by molar-refractivity contribution is -0.118. The average Bonchev–Trinajstić information content (AvgIpc) is 2.73. The van der Waals surface area contributed by atoms with Crippen LogP contribution in [0, 0.1) is 5.92 Å². The van der Waals surface area contributed by atoms with Gasteiger partial charge in [0.05, 0.1) is 16.4 Å². The van der Waals surface area contributed by atoms with E-state index in [0.29, 0.717) is 23.8 Å². The summed E-state index contributed by atoms with van der Waals surface area (Å²) in [5, 5.41) is 8.38. The van der Waals surface area contributed by atoms with E-state index in [4.69, 9.17) is 11.6 Å². The van der Waals surface area contributed by atoms with Crippen molar-refractivity contribution in [3.8, 4) is 0 Å². The Morgan fingerprint density at radius 1 is 1.45 bits per heavy atom. The summed E-state index contributed by atoms with van der Waals surface area (Å²) in [5.74, 6) is 0.976. The molecular formula is C15H24ClN3O. The first-order chi connectivity index (χ1) is 9.61. The number of aryl methyl sites for hydroxylation is 2. The summed E-state index contributed by atoms with van der Waals surface area (Å²) in [6.07, 6.45) is 5.27. The van der Waals surface area contributed by atoms with Crippen molar-refractivity contribution in [1.29, 1.82) is 0 Å². The Morgan fingerprint density at radius 3 is 2.75 bits per heavy atom. The van der Waals surface area contributed by atoms with Crippen molar-refractivity contribution in [1.82, 2.24) is 15.1 Å². The lowest BCUT2D eigenvalue weighted by Gasteiger charge is -2.22. The van der Waals surface area contributed by atoms with Gasteiger partial charge in [-0.3, -0.25) is 9.48 Å². The lowest BCUT2D eigenvalue weighted by Crippen LogP contribution is -2.28. The van der Waals surface area contributed by atoms with Gasteiger partial charge < -0.3 is 5.32 Å². The van der Waals surface area contributed by atoms with Gasteiger partial charge in [0.1, 0.15) is 5.78 Å². The molecule has 1 aromatic rings. The maximum absolute atomic E-state index is 12.1. The van der Waals surface area contributed by atoms with Gasteiger partial charge in [-0.15, -0.1) is 0 Å². The maximum Gasteiger partial charge on any atom is 0.138 e. The van der Waals surface area contributed by atoms with Crippen LogP contribution in [-0.4, -0.2) is 28.7 Å². The predicted molar refractivity (Wildman–Crippen MR) is 81.1 cm³/mol. The standard InChI is InChI=1S/C15H24ClN3O/c1-3-13-15(16)14(19(2)18-13)10-12(20)5-4-11-6-8-17-9-7-11/h11,17H,3-10H2,1-2H3. The molecule has 0 aliphatic carbocycles. The van der Waals surface area contributed by atoms with Crippen molar-refractivity contribution in [3.63, 3.8) is 0 Å². The number of nitrogens with zero attached hydrogens (tertiary/aromatic N) is 2. The number of ketones is 1. The number of aromatic nitrogens is 2. The fraction of sp³-hybridized carbons (Fsp3) is 0.733. The van der Waals surface area contributed by atoms with E-state index in [2.05, 4.69) is 10.4 Å². The van der Waals surface area contributed by atoms with E-state index in [1.807, 2.05) is 14.0 Å². The number of carbonyl (C=O) groups is 1. The smallest absolute Gasteiger partial charge is 0.138 e. The third-order valence-electron chi connectivity index (χ3n) is 4.16. The van der Waals surface area contributed by atoms with Crippen LogP contribution < -0.4 is 5.32 Å². The van der Waals surface area contributed by atoms with Crippen molar-refractivity contribution in [2.45, 2.75) is 45.4 Å². The minimum Gasteiger partial charge on any atom is -0.317 e. The summed E-state index contributed by atoms with van der Waals surface area (Å²) in [5.41, 5.74) is 1.74. The second-order valence-electron chi connectivity index (χ2n) is 5.63. The molecule has 1 aromatic heterocycles. The second kappa shape index (κ2) is 7.23. The van der Waals surface area contributed by atoms with E-state index in [0.717, 1.165) is 37.3 Å².